The minimum absolute atomic E-state index is 0.122. The number of hydrogen-bond acceptors (Lipinski definition) is 3. The first-order valence-electron chi connectivity index (χ1n) is 9.95. The molecule has 4 heteroatoms. The number of benzene rings is 2. The molecular weight excluding hydrogens is 346 g/mol. The van der Waals surface area contributed by atoms with Crippen LogP contribution in [0.3, 0.4) is 0 Å². The third-order valence-electron chi connectivity index (χ3n) is 5.47. The van der Waals surface area contributed by atoms with E-state index < -0.39 is 0 Å². The standard InChI is InChI=1S/C24H27N3O/c1-17-5-4-6-20(13-17)16-26-9-11-27(12-10-26)24(28)22-15-19(3)25-23-8-7-18(2)14-21(22)23/h4-8,13-15H,9-12,16H2,1-3H3. The molecule has 4 rings (SSSR count). The normalized spacial score (nSPS) is 15.2. The second-order valence-corrected chi connectivity index (χ2v) is 7.89. The van der Waals surface area contributed by atoms with Crippen molar-refractivity contribution in [2.75, 3.05) is 26.2 Å². The van der Waals surface area contributed by atoms with Gasteiger partial charge in [0.15, 0.2) is 0 Å². The Morgan fingerprint density at radius 1 is 0.929 bits per heavy atom. The summed E-state index contributed by atoms with van der Waals surface area (Å²) in [5.74, 6) is 0.122. The van der Waals surface area contributed by atoms with Gasteiger partial charge in [-0.2, -0.15) is 0 Å². The highest BCUT2D eigenvalue weighted by Crippen LogP contribution is 2.22. The number of rotatable bonds is 3. The summed E-state index contributed by atoms with van der Waals surface area (Å²) in [5.41, 5.74) is 6.34. The Labute approximate surface area is 166 Å². The highest BCUT2D eigenvalue weighted by molar-refractivity contribution is 6.06. The van der Waals surface area contributed by atoms with E-state index >= 15 is 0 Å². The van der Waals surface area contributed by atoms with Crippen LogP contribution in [0.2, 0.25) is 0 Å². The zero-order valence-corrected chi connectivity index (χ0v) is 16.9. The van der Waals surface area contributed by atoms with E-state index in [1.165, 1.54) is 11.1 Å². The summed E-state index contributed by atoms with van der Waals surface area (Å²) in [6.07, 6.45) is 0. The van der Waals surface area contributed by atoms with Gasteiger partial charge >= 0.3 is 0 Å². The third kappa shape index (κ3) is 3.92. The molecule has 0 unspecified atom stereocenters. The van der Waals surface area contributed by atoms with Gasteiger partial charge in [-0.15, -0.1) is 0 Å². The van der Waals surface area contributed by atoms with Crippen LogP contribution in [0.1, 0.15) is 32.7 Å². The van der Waals surface area contributed by atoms with Gasteiger partial charge in [0.1, 0.15) is 0 Å². The Hall–Kier alpha value is -2.72. The highest BCUT2D eigenvalue weighted by atomic mass is 16.2. The van der Waals surface area contributed by atoms with Crippen molar-refractivity contribution in [2.45, 2.75) is 27.3 Å². The van der Waals surface area contributed by atoms with Crippen LogP contribution in [0.4, 0.5) is 0 Å². The van der Waals surface area contributed by atoms with E-state index in [0.717, 1.165) is 60.4 Å². The van der Waals surface area contributed by atoms with Crippen LogP contribution in [-0.4, -0.2) is 46.9 Å². The van der Waals surface area contributed by atoms with E-state index in [9.17, 15) is 4.79 Å². The number of pyridine rings is 1. The monoisotopic (exact) mass is 373 g/mol. The molecule has 1 aliphatic rings. The molecule has 1 aromatic heterocycles. The van der Waals surface area contributed by atoms with Crippen molar-refractivity contribution in [3.05, 3.63) is 76.5 Å². The lowest BCUT2D eigenvalue weighted by molar-refractivity contribution is 0.0630. The lowest BCUT2D eigenvalue weighted by atomic mass is 10.0. The number of hydrogen-bond donors (Lipinski definition) is 0. The topological polar surface area (TPSA) is 36.4 Å². The summed E-state index contributed by atoms with van der Waals surface area (Å²) in [5, 5.41) is 0.956. The maximum Gasteiger partial charge on any atom is 0.254 e. The van der Waals surface area contributed by atoms with Gasteiger partial charge in [0.25, 0.3) is 5.91 Å². The number of amides is 1. The van der Waals surface area contributed by atoms with Crippen LogP contribution in [0.15, 0.2) is 48.5 Å². The summed E-state index contributed by atoms with van der Waals surface area (Å²) >= 11 is 0. The van der Waals surface area contributed by atoms with Gasteiger partial charge in [-0.3, -0.25) is 14.7 Å². The Morgan fingerprint density at radius 2 is 1.68 bits per heavy atom. The van der Waals surface area contributed by atoms with Gasteiger partial charge in [0.2, 0.25) is 0 Å². The number of aromatic nitrogens is 1. The molecule has 2 heterocycles. The average molecular weight is 374 g/mol. The summed E-state index contributed by atoms with van der Waals surface area (Å²) in [6, 6.07) is 16.7. The molecular formula is C24H27N3O. The molecule has 0 bridgehead atoms. The first-order valence-corrected chi connectivity index (χ1v) is 9.95. The van der Waals surface area contributed by atoms with Crippen LogP contribution in [0, 0.1) is 20.8 Å². The molecule has 0 aliphatic carbocycles. The van der Waals surface area contributed by atoms with Gasteiger partial charge in [-0.05, 0) is 44.5 Å². The molecule has 28 heavy (non-hydrogen) atoms. The quantitative estimate of drug-likeness (QED) is 0.693. The number of nitrogens with zero attached hydrogens (tertiary/aromatic N) is 3. The Bertz CT molecular complexity index is 1020. The molecule has 144 valence electrons. The van der Waals surface area contributed by atoms with Gasteiger partial charge in [0, 0.05) is 43.8 Å². The lowest BCUT2D eigenvalue weighted by Crippen LogP contribution is -2.48. The number of carbonyl (C=O) groups is 1. The van der Waals surface area contributed by atoms with Crippen LogP contribution >= 0.6 is 0 Å². The molecule has 3 aromatic rings. The Kier molecular flexibility index (Phi) is 5.14. The van der Waals surface area contributed by atoms with Crippen molar-refractivity contribution in [2.24, 2.45) is 0 Å². The van der Waals surface area contributed by atoms with Crippen molar-refractivity contribution in [1.29, 1.82) is 0 Å². The highest BCUT2D eigenvalue weighted by Gasteiger charge is 2.24. The molecule has 1 saturated heterocycles. The second kappa shape index (κ2) is 7.72. The minimum atomic E-state index is 0.122. The predicted molar refractivity (Wildman–Crippen MR) is 114 cm³/mol. The molecule has 0 radical (unpaired) electrons. The zero-order chi connectivity index (χ0) is 19.7. The van der Waals surface area contributed by atoms with Gasteiger partial charge in [-0.1, -0.05) is 41.5 Å². The van der Waals surface area contributed by atoms with E-state index in [2.05, 4.69) is 54.1 Å². The predicted octanol–water partition coefficient (Wildman–Crippen LogP) is 4.12. The number of fused-ring (bicyclic) bond motifs is 1. The summed E-state index contributed by atoms with van der Waals surface area (Å²) in [4.78, 5) is 22.3. The molecule has 1 fully saturated rings. The fraction of sp³-hybridized carbons (Fsp3) is 0.333. The number of aryl methyl sites for hydroxylation is 3. The fourth-order valence-corrected chi connectivity index (χ4v) is 4.00. The van der Waals surface area contributed by atoms with Crippen LogP contribution in [0.5, 0.6) is 0 Å². The average Bonchev–Trinajstić information content (AvgIpc) is 2.68. The minimum Gasteiger partial charge on any atom is -0.336 e. The van der Waals surface area contributed by atoms with E-state index in [-0.39, 0.29) is 5.91 Å². The SMILES string of the molecule is Cc1cccc(CN2CCN(C(=O)c3cc(C)nc4ccc(C)cc34)CC2)c1. The Balaban J connectivity index is 1.48. The number of carbonyl (C=O) groups excluding carboxylic acids is 1. The fourth-order valence-electron chi connectivity index (χ4n) is 4.00. The second-order valence-electron chi connectivity index (χ2n) is 7.89. The van der Waals surface area contributed by atoms with Crippen molar-refractivity contribution < 1.29 is 4.79 Å². The van der Waals surface area contributed by atoms with Crippen molar-refractivity contribution in [1.82, 2.24) is 14.8 Å². The molecule has 1 aliphatic heterocycles. The van der Waals surface area contributed by atoms with Gasteiger partial charge in [0.05, 0.1) is 11.1 Å². The van der Waals surface area contributed by atoms with Crippen LogP contribution in [0.25, 0.3) is 10.9 Å². The molecule has 0 saturated carbocycles. The molecule has 2 aromatic carbocycles. The molecule has 4 nitrogen and oxygen atoms in total. The van der Waals surface area contributed by atoms with Gasteiger partial charge in [-0.25, -0.2) is 0 Å². The molecule has 0 N–H and O–H groups in total. The van der Waals surface area contributed by atoms with Crippen molar-refractivity contribution >= 4 is 16.8 Å². The zero-order valence-electron chi connectivity index (χ0n) is 16.9. The Morgan fingerprint density at radius 3 is 2.43 bits per heavy atom. The maximum atomic E-state index is 13.3. The summed E-state index contributed by atoms with van der Waals surface area (Å²) < 4.78 is 0. The van der Waals surface area contributed by atoms with E-state index in [4.69, 9.17) is 0 Å². The van der Waals surface area contributed by atoms with Crippen LogP contribution in [-0.2, 0) is 6.54 Å². The van der Waals surface area contributed by atoms with E-state index in [1.54, 1.807) is 0 Å². The summed E-state index contributed by atoms with van der Waals surface area (Å²) in [6.45, 7) is 10.4. The maximum absolute atomic E-state index is 13.3. The molecule has 0 atom stereocenters. The van der Waals surface area contributed by atoms with Gasteiger partial charge < -0.3 is 4.90 Å². The molecule has 0 spiro atoms. The van der Waals surface area contributed by atoms with Crippen molar-refractivity contribution in [3.63, 3.8) is 0 Å². The summed E-state index contributed by atoms with van der Waals surface area (Å²) in [7, 11) is 0. The van der Waals surface area contributed by atoms with Crippen molar-refractivity contribution in [3.8, 4) is 0 Å². The first kappa shape index (κ1) is 18.6. The lowest BCUT2D eigenvalue weighted by Gasteiger charge is -2.35. The van der Waals surface area contributed by atoms with E-state index in [0.29, 0.717) is 0 Å². The largest absolute Gasteiger partial charge is 0.336 e. The van der Waals surface area contributed by atoms with Crippen LogP contribution < -0.4 is 0 Å². The first-order chi connectivity index (χ1) is 13.5. The number of piperazine rings is 1. The van der Waals surface area contributed by atoms with E-state index in [1.807, 2.05) is 30.0 Å². The smallest absolute Gasteiger partial charge is 0.254 e. The third-order valence-corrected chi connectivity index (χ3v) is 5.47. The molecule has 1 amide bonds.